The maximum Gasteiger partial charge on any atom is 0.271 e. The zero-order chi connectivity index (χ0) is 23.2. The van der Waals surface area contributed by atoms with Gasteiger partial charge in [-0.1, -0.05) is 12.1 Å². The van der Waals surface area contributed by atoms with Crippen molar-refractivity contribution in [2.45, 2.75) is 20.4 Å². The molecule has 0 aliphatic rings. The monoisotopic (exact) mass is 434 g/mol. The van der Waals surface area contributed by atoms with Crippen LogP contribution in [0.5, 0.6) is 5.88 Å². The van der Waals surface area contributed by atoms with Crippen molar-refractivity contribution in [3.8, 4) is 11.9 Å². The summed E-state index contributed by atoms with van der Waals surface area (Å²) in [6.45, 7) is 2.77. The number of aromatic nitrogens is 1. The molecule has 4 rings (SSSR count). The van der Waals surface area contributed by atoms with Crippen LogP contribution in [0.25, 0.3) is 11.0 Å². The lowest BCUT2D eigenvalue weighted by molar-refractivity contribution is 0.101. The van der Waals surface area contributed by atoms with Crippen LogP contribution in [0.1, 0.15) is 38.4 Å². The molecule has 0 atom stereocenters. The Hall–Kier alpha value is -4.25. The van der Waals surface area contributed by atoms with Gasteiger partial charge < -0.3 is 9.52 Å². The van der Waals surface area contributed by atoms with E-state index in [4.69, 9.17) is 4.42 Å². The average Bonchev–Trinajstić information content (AvgIpc) is 3.08. The minimum atomic E-state index is -0.785. The second-order valence-corrected chi connectivity index (χ2v) is 7.35. The quantitative estimate of drug-likeness (QED) is 0.482. The van der Waals surface area contributed by atoms with Gasteiger partial charge in [0, 0.05) is 10.9 Å². The van der Waals surface area contributed by atoms with Gasteiger partial charge in [0.25, 0.3) is 5.56 Å². The lowest BCUT2D eigenvalue weighted by atomic mass is 9.98. The molecule has 4 aromatic rings. The molecule has 2 aromatic carbocycles. The van der Waals surface area contributed by atoms with Crippen LogP contribution in [-0.2, 0) is 6.54 Å². The van der Waals surface area contributed by atoms with E-state index in [0.717, 1.165) is 4.57 Å². The minimum Gasteiger partial charge on any atom is -0.494 e. The molecule has 0 amide bonds. The van der Waals surface area contributed by atoms with Crippen LogP contribution in [-0.4, -0.2) is 15.5 Å². The highest BCUT2D eigenvalue weighted by molar-refractivity contribution is 6.12. The molecule has 0 spiro atoms. The van der Waals surface area contributed by atoms with Crippen LogP contribution in [0.4, 0.5) is 8.78 Å². The van der Waals surface area contributed by atoms with Crippen molar-refractivity contribution < 1.29 is 23.1 Å². The van der Waals surface area contributed by atoms with E-state index < -0.39 is 28.9 Å². The summed E-state index contributed by atoms with van der Waals surface area (Å²) in [5.41, 5.74) is -0.250. The highest BCUT2D eigenvalue weighted by atomic mass is 19.1. The third-order valence-electron chi connectivity index (χ3n) is 5.39. The standard InChI is InChI=1S/C24H16F2N2O4/c1-12-18(10-27)23(30)28(11-14-3-5-15(25)6-4-14)24(31)20(12)21(29)22-13(2)17-9-16(26)7-8-19(17)32-22/h3-9,31H,11H2,1-2H3. The summed E-state index contributed by atoms with van der Waals surface area (Å²) < 4.78 is 33.4. The Kier molecular flexibility index (Phi) is 5.11. The molecule has 2 heterocycles. The summed E-state index contributed by atoms with van der Waals surface area (Å²) >= 11 is 0. The molecule has 0 bridgehead atoms. The number of pyridine rings is 1. The van der Waals surface area contributed by atoms with Crippen LogP contribution >= 0.6 is 0 Å². The van der Waals surface area contributed by atoms with Crippen molar-refractivity contribution >= 4 is 16.8 Å². The van der Waals surface area contributed by atoms with E-state index in [-0.39, 0.29) is 34.6 Å². The average molecular weight is 434 g/mol. The number of rotatable bonds is 4. The second-order valence-electron chi connectivity index (χ2n) is 7.35. The van der Waals surface area contributed by atoms with Crippen molar-refractivity contribution in [3.63, 3.8) is 0 Å². The maximum atomic E-state index is 13.6. The number of hydrogen-bond donors (Lipinski definition) is 1. The van der Waals surface area contributed by atoms with E-state index in [1.165, 1.54) is 49.4 Å². The van der Waals surface area contributed by atoms with Crippen LogP contribution < -0.4 is 5.56 Å². The highest BCUT2D eigenvalue weighted by Gasteiger charge is 2.28. The number of hydrogen-bond acceptors (Lipinski definition) is 5. The number of aryl methyl sites for hydroxylation is 1. The summed E-state index contributed by atoms with van der Waals surface area (Å²) in [4.78, 5) is 26.2. The van der Waals surface area contributed by atoms with Crippen LogP contribution in [0.2, 0.25) is 0 Å². The summed E-state index contributed by atoms with van der Waals surface area (Å²) in [5.74, 6) is -2.51. The van der Waals surface area contributed by atoms with Gasteiger partial charge in [0.1, 0.15) is 28.9 Å². The van der Waals surface area contributed by atoms with Gasteiger partial charge >= 0.3 is 0 Å². The topological polar surface area (TPSA) is 96.2 Å². The molecule has 0 saturated carbocycles. The Morgan fingerprint density at radius 3 is 2.41 bits per heavy atom. The van der Waals surface area contributed by atoms with E-state index in [0.29, 0.717) is 16.5 Å². The molecule has 0 unspecified atom stereocenters. The number of nitriles is 1. The Morgan fingerprint density at radius 1 is 1.09 bits per heavy atom. The number of benzene rings is 2. The third-order valence-corrected chi connectivity index (χ3v) is 5.39. The first-order chi connectivity index (χ1) is 15.2. The number of carbonyl (C=O) groups is 1. The summed E-state index contributed by atoms with van der Waals surface area (Å²) in [6, 6.07) is 10.8. The Labute approximate surface area is 180 Å². The number of furan rings is 1. The van der Waals surface area contributed by atoms with Gasteiger partial charge in [-0.2, -0.15) is 5.26 Å². The van der Waals surface area contributed by atoms with Gasteiger partial charge in [-0.05, 0) is 55.3 Å². The van der Waals surface area contributed by atoms with E-state index in [1.54, 1.807) is 13.0 Å². The van der Waals surface area contributed by atoms with Crippen molar-refractivity contribution in [2.24, 2.45) is 0 Å². The summed E-state index contributed by atoms with van der Waals surface area (Å²) in [6.07, 6.45) is 0. The van der Waals surface area contributed by atoms with Crippen molar-refractivity contribution in [3.05, 3.63) is 98.0 Å². The highest BCUT2D eigenvalue weighted by Crippen LogP contribution is 2.31. The van der Waals surface area contributed by atoms with Gasteiger partial charge in [0.2, 0.25) is 11.7 Å². The number of ketones is 1. The van der Waals surface area contributed by atoms with E-state index in [1.807, 2.05) is 0 Å². The van der Waals surface area contributed by atoms with Crippen LogP contribution in [0, 0.1) is 36.8 Å². The first-order valence-corrected chi connectivity index (χ1v) is 9.57. The number of aromatic hydroxyl groups is 1. The molecule has 32 heavy (non-hydrogen) atoms. The molecule has 0 fully saturated rings. The Morgan fingerprint density at radius 2 is 1.75 bits per heavy atom. The van der Waals surface area contributed by atoms with Crippen molar-refractivity contribution in [2.75, 3.05) is 0 Å². The normalized spacial score (nSPS) is 11.0. The molecular formula is C24H16F2N2O4. The van der Waals surface area contributed by atoms with Gasteiger partial charge in [-0.3, -0.25) is 14.2 Å². The SMILES string of the molecule is Cc1c(C(=O)c2oc3ccc(F)cc3c2C)c(O)n(Cc2ccc(F)cc2)c(=O)c1C#N. The summed E-state index contributed by atoms with van der Waals surface area (Å²) in [7, 11) is 0. The second kappa shape index (κ2) is 7.78. The predicted octanol–water partition coefficient (Wildman–Crippen LogP) is 4.35. The molecule has 0 aliphatic carbocycles. The summed E-state index contributed by atoms with van der Waals surface area (Å²) in [5, 5.41) is 20.8. The maximum absolute atomic E-state index is 13.6. The van der Waals surface area contributed by atoms with Gasteiger partial charge in [0.05, 0.1) is 12.1 Å². The molecule has 1 N–H and O–H groups in total. The first-order valence-electron chi connectivity index (χ1n) is 9.57. The first kappa shape index (κ1) is 21.0. The molecule has 2 aromatic heterocycles. The Bertz CT molecular complexity index is 1490. The van der Waals surface area contributed by atoms with Crippen molar-refractivity contribution in [1.82, 2.24) is 4.57 Å². The fourth-order valence-electron chi connectivity index (χ4n) is 3.67. The van der Waals surface area contributed by atoms with Gasteiger partial charge in [-0.15, -0.1) is 0 Å². The van der Waals surface area contributed by atoms with E-state index in [9.17, 15) is 28.7 Å². The predicted molar refractivity (Wildman–Crippen MR) is 112 cm³/mol. The van der Waals surface area contributed by atoms with Crippen LogP contribution in [0.3, 0.4) is 0 Å². The number of fused-ring (bicyclic) bond motifs is 1. The molecule has 0 saturated heterocycles. The third kappa shape index (κ3) is 3.34. The molecule has 0 aliphatic heterocycles. The fourth-order valence-corrected chi connectivity index (χ4v) is 3.67. The molecule has 0 radical (unpaired) electrons. The molecule has 160 valence electrons. The van der Waals surface area contributed by atoms with Gasteiger partial charge in [-0.25, -0.2) is 8.78 Å². The lowest BCUT2D eigenvalue weighted by Crippen LogP contribution is -2.27. The van der Waals surface area contributed by atoms with Gasteiger partial charge in [0.15, 0.2) is 5.76 Å². The largest absolute Gasteiger partial charge is 0.494 e. The lowest BCUT2D eigenvalue weighted by Gasteiger charge is -2.15. The fraction of sp³-hybridized carbons (Fsp3) is 0.125. The molecule has 6 nitrogen and oxygen atoms in total. The smallest absolute Gasteiger partial charge is 0.271 e. The number of carbonyl (C=O) groups excluding carboxylic acids is 1. The molecule has 8 heteroatoms. The zero-order valence-electron chi connectivity index (χ0n) is 17.1. The minimum absolute atomic E-state index is 0.00129. The molecular weight excluding hydrogens is 418 g/mol. The van der Waals surface area contributed by atoms with E-state index >= 15 is 0 Å². The van der Waals surface area contributed by atoms with Crippen molar-refractivity contribution in [1.29, 1.82) is 5.26 Å². The van der Waals surface area contributed by atoms with E-state index in [2.05, 4.69) is 0 Å². The number of nitrogens with zero attached hydrogens (tertiary/aromatic N) is 2. The zero-order valence-corrected chi connectivity index (χ0v) is 17.1. The Balaban J connectivity index is 1.91. The van der Waals surface area contributed by atoms with Crippen LogP contribution in [0.15, 0.2) is 51.7 Å². The number of halogens is 2.